The van der Waals surface area contributed by atoms with Crippen LogP contribution in [0.4, 0.5) is 5.13 Å². The SMILES string of the molecule is CC(C)Sc1cccc(C(=O)N(CCCn2ccnc2)c2nc3ccc(Cl)cc3s2)c1. The number of aryl methyl sites for hydroxylation is 1. The summed E-state index contributed by atoms with van der Waals surface area (Å²) in [6, 6.07) is 13.5. The van der Waals surface area contributed by atoms with E-state index in [4.69, 9.17) is 16.6 Å². The zero-order valence-electron chi connectivity index (χ0n) is 17.4. The van der Waals surface area contributed by atoms with Crippen molar-refractivity contribution in [1.82, 2.24) is 14.5 Å². The summed E-state index contributed by atoms with van der Waals surface area (Å²) < 4.78 is 2.99. The normalized spacial score (nSPS) is 11.4. The third-order valence-corrected chi connectivity index (χ3v) is 6.90. The topological polar surface area (TPSA) is 51.0 Å². The number of anilines is 1. The highest BCUT2D eigenvalue weighted by Gasteiger charge is 2.21. The summed E-state index contributed by atoms with van der Waals surface area (Å²) in [6.07, 6.45) is 6.27. The molecule has 8 heteroatoms. The molecule has 0 atom stereocenters. The number of nitrogens with zero attached hydrogens (tertiary/aromatic N) is 4. The zero-order chi connectivity index (χ0) is 21.8. The van der Waals surface area contributed by atoms with E-state index < -0.39 is 0 Å². The number of hydrogen-bond acceptors (Lipinski definition) is 5. The number of imidazole rings is 1. The maximum atomic E-state index is 13.6. The number of aromatic nitrogens is 3. The highest BCUT2D eigenvalue weighted by Crippen LogP contribution is 2.32. The van der Waals surface area contributed by atoms with Crippen LogP contribution < -0.4 is 4.90 Å². The predicted molar refractivity (Wildman–Crippen MR) is 131 cm³/mol. The number of rotatable bonds is 8. The molecular weight excluding hydrogens is 448 g/mol. The number of fused-ring (bicyclic) bond motifs is 1. The number of thiazole rings is 1. The van der Waals surface area contributed by atoms with E-state index >= 15 is 0 Å². The highest BCUT2D eigenvalue weighted by molar-refractivity contribution is 7.99. The summed E-state index contributed by atoms with van der Waals surface area (Å²) in [7, 11) is 0. The Kier molecular flexibility index (Phi) is 6.95. The number of hydrogen-bond donors (Lipinski definition) is 0. The van der Waals surface area contributed by atoms with Crippen LogP contribution in [-0.4, -0.2) is 32.2 Å². The van der Waals surface area contributed by atoms with Gasteiger partial charge >= 0.3 is 0 Å². The monoisotopic (exact) mass is 470 g/mol. The van der Waals surface area contributed by atoms with Gasteiger partial charge in [-0.15, -0.1) is 11.8 Å². The second-order valence-corrected chi connectivity index (χ2v) is 10.5. The maximum Gasteiger partial charge on any atom is 0.260 e. The lowest BCUT2D eigenvalue weighted by atomic mass is 10.2. The van der Waals surface area contributed by atoms with Crippen LogP contribution >= 0.6 is 34.7 Å². The quantitative estimate of drug-likeness (QED) is 0.280. The molecule has 0 N–H and O–H groups in total. The number of halogens is 1. The Morgan fingerprint density at radius 2 is 2.13 bits per heavy atom. The lowest BCUT2D eigenvalue weighted by molar-refractivity contribution is 0.0986. The molecule has 0 bridgehead atoms. The summed E-state index contributed by atoms with van der Waals surface area (Å²) in [5, 5.41) is 1.81. The van der Waals surface area contributed by atoms with Gasteiger partial charge in [-0.05, 0) is 42.8 Å². The Morgan fingerprint density at radius 1 is 1.26 bits per heavy atom. The molecule has 2 heterocycles. The van der Waals surface area contributed by atoms with E-state index in [9.17, 15) is 4.79 Å². The largest absolute Gasteiger partial charge is 0.337 e. The van der Waals surface area contributed by atoms with Crippen LogP contribution in [0.2, 0.25) is 5.02 Å². The summed E-state index contributed by atoms with van der Waals surface area (Å²) in [6.45, 7) is 5.64. The van der Waals surface area contributed by atoms with Gasteiger partial charge in [0.2, 0.25) is 0 Å². The average molecular weight is 471 g/mol. The van der Waals surface area contributed by atoms with E-state index in [1.165, 1.54) is 11.3 Å². The highest BCUT2D eigenvalue weighted by atomic mass is 35.5. The molecule has 4 rings (SSSR count). The minimum absolute atomic E-state index is 0.0398. The first kappa shape index (κ1) is 21.9. The van der Waals surface area contributed by atoms with Crippen LogP contribution in [0.25, 0.3) is 10.2 Å². The van der Waals surface area contributed by atoms with Crippen molar-refractivity contribution in [3.8, 4) is 0 Å². The smallest absolute Gasteiger partial charge is 0.260 e. The number of amides is 1. The molecule has 0 saturated carbocycles. The van der Waals surface area contributed by atoms with Crippen molar-refractivity contribution in [3.05, 3.63) is 71.8 Å². The van der Waals surface area contributed by atoms with Crippen molar-refractivity contribution in [2.75, 3.05) is 11.4 Å². The standard InChI is InChI=1S/C23H23ClN4OS2/c1-16(2)30-19-6-3-5-17(13-19)22(29)28(11-4-10-27-12-9-25-15-27)23-26-20-8-7-18(24)14-21(20)31-23/h3,5-9,12-16H,4,10-11H2,1-2H3. The minimum atomic E-state index is -0.0398. The van der Waals surface area contributed by atoms with Crippen LogP contribution in [0, 0.1) is 0 Å². The summed E-state index contributed by atoms with van der Waals surface area (Å²) in [5.41, 5.74) is 1.52. The summed E-state index contributed by atoms with van der Waals surface area (Å²) >= 11 is 9.39. The number of thioether (sulfide) groups is 1. The van der Waals surface area contributed by atoms with Crippen molar-refractivity contribution in [3.63, 3.8) is 0 Å². The third-order valence-electron chi connectivity index (χ3n) is 4.63. The van der Waals surface area contributed by atoms with Crippen LogP contribution in [-0.2, 0) is 6.54 Å². The summed E-state index contributed by atoms with van der Waals surface area (Å²) in [4.78, 5) is 25.3. The lowest BCUT2D eigenvalue weighted by Crippen LogP contribution is -2.32. The molecule has 0 aliphatic heterocycles. The van der Waals surface area contributed by atoms with E-state index in [1.54, 1.807) is 29.2 Å². The van der Waals surface area contributed by atoms with Crippen LogP contribution in [0.5, 0.6) is 0 Å². The molecule has 0 radical (unpaired) electrons. The first-order valence-electron chi connectivity index (χ1n) is 10.1. The van der Waals surface area contributed by atoms with Crippen LogP contribution in [0.15, 0.2) is 66.1 Å². The molecule has 0 unspecified atom stereocenters. The van der Waals surface area contributed by atoms with Crippen molar-refractivity contribution < 1.29 is 4.79 Å². The molecule has 0 spiro atoms. The van der Waals surface area contributed by atoms with E-state index in [0.717, 1.165) is 28.1 Å². The first-order chi connectivity index (χ1) is 15.0. The van der Waals surface area contributed by atoms with Crippen LogP contribution in [0.3, 0.4) is 0 Å². The Balaban J connectivity index is 1.62. The number of carbonyl (C=O) groups is 1. The molecule has 0 saturated heterocycles. The van der Waals surface area contributed by atoms with E-state index in [-0.39, 0.29) is 5.91 Å². The molecule has 4 aromatic rings. The molecule has 31 heavy (non-hydrogen) atoms. The van der Waals surface area contributed by atoms with Gasteiger partial charge in [0.1, 0.15) is 0 Å². The Hall–Kier alpha value is -2.35. The summed E-state index contributed by atoms with van der Waals surface area (Å²) in [5.74, 6) is -0.0398. The Labute approximate surface area is 195 Å². The van der Waals surface area contributed by atoms with E-state index in [2.05, 4.69) is 18.8 Å². The fourth-order valence-corrected chi connectivity index (χ4v) is 5.41. The van der Waals surface area contributed by atoms with Gasteiger partial charge < -0.3 is 4.57 Å². The van der Waals surface area contributed by atoms with Gasteiger partial charge in [-0.2, -0.15) is 0 Å². The molecular formula is C23H23ClN4OS2. The average Bonchev–Trinajstić information content (AvgIpc) is 3.39. The van der Waals surface area contributed by atoms with Gasteiger partial charge in [0.05, 0.1) is 16.5 Å². The van der Waals surface area contributed by atoms with E-state index in [1.807, 2.05) is 53.2 Å². The fourth-order valence-electron chi connectivity index (χ4n) is 3.25. The minimum Gasteiger partial charge on any atom is -0.337 e. The second kappa shape index (κ2) is 9.85. The van der Waals surface area contributed by atoms with Gasteiger partial charge in [-0.3, -0.25) is 9.69 Å². The Morgan fingerprint density at radius 3 is 2.90 bits per heavy atom. The van der Waals surface area contributed by atoms with Crippen molar-refractivity contribution in [2.45, 2.75) is 37.0 Å². The van der Waals surface area contributed by atoms with Gasteiger partial charge in [0.15, 0.2) is 5.13 Å². The molecule has 0 fully saturated rings. The van der Waals surface area contributed by atoms with Crippen molar-refractivity contribution in [2.24, 2.45) is 0 Å². The molecule has 160 valence electrons. The van der Waals surface area contributed by atoms with Crippen molar-refractivity contribution in [1.29, 1.82) is 0 Å². The lowest BCUT2D eigenvalue weighted by Gasteiger charge is -2.20. The Bertz CT molecular complexity index is 1170. The molecule has 2 aromatic carbocycles. The van der Waals surface area contributed by atoms with Gasteiger partial charge in [-0.1, -0.05) is 42.9 Å². The second-order valence-electron chi connectivity index (χ2n) is 7.41. The van der Waals surface area contributed by atoms with Gasteiger partial charge in [0.25, 0.3) is 5.91 Å². The van der Waals surface area contributed by atoms with E-state index in [0.29, 0.717) is 27.5 Å². The zero-order valence-corrected chi connectivity index (χ0v) is 19.8. The number of carbonyl (C=O) groups excluding carboxylic acids is 1. The molecule has 0 aliphatic rings. The first-order valence-corrected chi connectivity index (χ1v) is 12.2. The van der Waals surface area contributed by atoms with Crippen molar-refractivity contribution >= 4 is 56.0 Å². The number of benzene rings is 2. The third kappa shape index (κ3) is 5.47. The maximum absolute atomic E-state index is 13.6. The predicted octanol–water partition coefficient (Wildman–Crippen LogP) is 6.38. The molecule has 5 nitrogen and oxygen atoms in total. The molecule has 2 aromatic heterocycles. The molecule has 1 amide bonds. The fraction of sp³-hybridized carbons (Fsp3) is 0.261. The van der Waals surface area contributed by atoms with Crippen LogP contribution in [0.1, 0.15) is 30.6 Å². The van der Waals surface area contributed by atoms with Gasteiger partial charge in [-0.25, -0.2) is 9.97 Å². The molecule has 0 aliphatic carbocycles. The van der Waals surface area contributed by atoms with Gasteiger partial charge in [0, 0.05) is 46.2 Å².